The van der Waals surface area contributed by atoms with Crippen LogP contribution in [0.1, 0.15) is 24.5 Å². The van der Waals surface area contributed by atoms with Crippen LogP contribution < -0.4 is 0 Å². The molecule has 0 aliphatic carbocycles. The number of aromatic nitrogens is 1. The first-order chi connectivity index (χ1) is 8.25. The Morgan fingerprint density at radius 2 is 2.24 bits per heavy atom. The van der Waals surface area contributed by atoms with Crippen molar-refractivity contribution in [3.05, 3.63) is 39.6 Å². The van der Waals surface area contributed by atoms with Crippen LogP contribution in [0.2, 0.25) is 5.15 Å². The van der Waals surface area contributed by atoms with E-state index in [0.29, 0.717) is 5.15 Å². The maximum atomic E-state index is 6.02. The molecule has 2 aromatic rings. The van der Waals surface area contributed by atoms with Crippen LogP contribution in [0.5, 0.6) is 0 Å². The lowest BCUT2D eigenvalue weighted by atomic mass is 10.0. The molecule has 1 atom stereocenters. The summed E-state index contributed by atoms with van der Waals surface area (Å²) in [6, 6.07) is 8.11. The molecule has 1 aliphatic heterocycles. The maximum Gasteiger partial charge on any atom is 0.131 e. The Kier molecular flexibility index (Phi) is 3.07. The first-order valence-electron chi connectivity index (χ1n) is 5.62. The van der Waals surface area contributed by atoms with Crippen molar-refractivity contribution in [3.63, 3.8) is 0 Å². The van der Waals surface area contributed by atoms with E-state index in [2.05, 4.69) is 27.0 Å². The average Bonchev–Trinajstić information content (AvgIpc) is 2.81. The number of nitrogens with zero attached hydrogens (tertiary/aromatic N) is 1. The van der Waals surface area contributed by atoms with Crippen molar-refractivity contribution >= 4 is 38.3 Å². The van der Waals surface area contributed by atoms with Crippen LogP contribution in [-0.4, -0.2) is 11.6 Å². The molecule has 0 saturated carbocycles. The fraction of sp³-hybridized carbons (Fsp3) is 0.308. The zero-order chi connectivity index (χ0) is 11.8. The highest BCUT2D eigenvalue weighted by molar-refractivity contribution is 9.10. The van der Waals surface area contributed by atoms with Crippen LogP contribution in [0.15, 0.2) is 28.9 Å². The summed E-state index contributed by atoms with van der Waals surface area (Å²) in [5, 5.41) is 2.73. The zero-order valence-corrected chi connectivity index (χ0v) is 11.5. The van der Waals surface area contributed by atoms with E-state index in [1.807, 2.05) is 18.2 Å². The van der Waals surface area contributed by atoms with E-state index in [0.717, 1.165) is 34.8 Å². The summed E-state index contributed by atoms with van der Waals surface area (Å²) in [4.78, 5) is 4.21. The molecule has 1 aromatic carbocycles. The van der Waals surface area contributed by atoms with Crippen molar-refractivity contribution in [2.24, 2.45) is 0 Å². The van der Waals surface area contributed by atoms with Crippen LogP contribution in [0.25, 0.3) is 10.8 Å². The Morgan fingerprint density at radius 3 is 3.00 bits per heavy atom. The van der Waals surface area contributed by atoms with E-state index < -0.39 is 0 Å². The number of fused-ring (bicyclic) bond motifs is 1. The third-order valence-corrected chi connectivity index (χ3v) is 3.91. The van der Waals surface area contributed by atoms with Gasteiger partial charge in [-0.1, -0.05) is 29.8 Å². The molecule has 0 spiro atoms. The van der Waals surface area contributed by atoms with Crippen LogP contribution in [0.4, 0.5) is 0 Å². The third-order valence-electron chi connectivity index (χ3n) is 3.11. The minimum Gasteiger partial charge on any atom is -0.374 e. The normalized spacial score (nSPS) is 20.0. The Balaban J connectivity index is 2.24. The second-order valence-corrected chi connectivity index (χ2v) is 5.32. The van der Waals surface area contributed by atoms with Gasteiger partial charge in [-0.15, -0.1) is 0 Å². The van der Waals surface area contributed by atoms with Gasteiger partial charge in [0, 0.05) is 12.0 Å². The predicted molar refractivity (Wildman–Crippen MR) is 72.4 cm³/mol. The predicted octanol–water partition coefficient (Wildman–Crippen LogP) is 4.50. The third kappa shape index (κ3) is 2.07. The molecule has 1 unspecified atom stereocenters. The summed E-state index contributed by atoms with van der Waals surface area (Å²) in [5.41, 5.74) is 1.21. The molecule has 1 aliphatic rings. The first-order valence-corrected chi connectivity index (χ1v) is 6.79. The number of pyridine rings is 1. The summed E-state index contributed by atoms with van der Waals surface area (Å²) in [7, 11) is 0. The highest BCUT2D eigenvalue weighted by atomic mass is 79.9. The molecule has 2 nitrogen and oxygen atoms in total. The summed E-state index contributed by atoms with van der Waals surface area (Å²) in [6.07, 6.45) is 2.40. The summed E-state index contributed by atoms with van der Waals surface area (Å²) in [5.74, 6) is 0. The van der Waals surface area contributed by atoms with Gasteiger partial charge >= 0.3 is 0 Å². The second kappa shape index (κ2) is 4.56. The average molecular weight is 313 g/mol. The smallest absolute Gasteiger partial charge is 0.131 e. The monoisotopic (exact) mass is 311 g/mol. The molecule has 0 bridgehead atoms. The van der Waals surface area contributed by atoms with Gasteiger partial charge in [-0.05, 0) is 45.8 Å². The van der Waals surface area contributed by atoms with Crippen LogP contribution in [0.3, 0.4) is 0 Å². The molecule has 1 fully saturated rings. The van der Waals surface area contributed by atoms with Crippen molar-refractivity contribution < 1.29 is 4.74 Å². The van der Waals surface area contributed by atoms with E-state index in [-0.39, 0.29) is 6.10 Å². The molecule has 88 valence electrons. The minimum absolute atomic E-state index is 0.198. The largest absolute Gasteiger partial charge is 0.374 e. The fourth-order valence-corrected chi connectivity index (χ4v) is 3.17. The summed E-state index contributed by atoms with van der Waals surface area (Å²) in [6.45, 7) is 0.848. The highest BCUT2D eigenvalue weighted by Crippen LogP contribution is 2.36. The molecule has 2 heterocycles. The molecule has 17 heavy (non-hydrogen) atoms. The number of halogens is 2. The van der Waals surface area contributed by atoms with E-state index in [9.17, 15) is 0 Å². The van der Waals surface area contributed by atoms with E-state index in [4.69, 9.17) is 16.3 Å². The SMILES string of the molecule is Clc1cc2c(C3CCCO3)cccc2c(Br)n1. The van der Waals surface area contributed by atoms with Crippen molar-refractivity contribution in [2.75, 3.05) is 6.61 Å². The number of hydrogen-bond donors (Lipinski definition) is 0. The van der Waals surface area contributed by atoms with Gasteiger partial charge in [0.25, 0.3) is 0 Å². The quantitative estimate of drug-likeness (QED) is 0.723. The van der Waals surface area contributed by atoms with Crippen LogP contribution in [-0.2, 0) is 4.74 Å². The molecular weight excluding hydrogens is 302 g/mol. The van der Waals surface area contributed by atoms with Gasteiger partial charge in [-0.3, -0.25) is 0 Å². The van der Waals surface area contributed by atoms with Crippen molar-refractivity contribution in [3.8, 4) is 0 Å². The van der Waals surface area contributed by atoms with Gasteiger partial charge in [0.1, 0.15) is 9.76 Å². The second-order valence-electron chi connectivity index (χ2n) is 4.18. The van der Waals surface area contributed by atoms with E-state index in [1.54, 1.807) is 0 Å². The van der Waals surface area contributed by atoms with Gasteiger partial charge in [0.05, 0.1) is 6.10 Å². The topological polar surface area (TPSA) is 22.1 Å². The van der Waals surface area contributed by atoms with E-state index in [1.165, 1.54) is 5.56 Å². The number of hydrogen-bond acceptors (Lipinski definition) is 2. The Bertz CT molecular complexity index is 567. The lowest BCUT2D eigenvalue weighted by Crippen LogP contribution is -1.97. The minimum atomic E-state index is 0.198. The molecule has 1 saturated heterocycles. The highest BCUT2D eigenvalue weighted by Gasteiger charge is 2.20. The fourth-order valence-electron chi connectivity index (χ4n) is 2.33. The Morgan fingerprint density at radius 1 is 1.35 bits per heavy atom. The lowest BCUT2D eigenvalue weighted by molar-refractivity contribution is 0.113. The molecule has 0 amide bonds. The molecule has 0 N–H and O–H groups in total. The van der Waals surface area contributed by atoms with Crippen LogP contribution >= 0.6 is 27.5 Å². The standard InChI is InChI=1S/C13H11BrClNO/c14-13-9-4-1-3-8(11-5-2-6-17-11)10(9)7-12(15)16-13/h1,3-4,7,11H,2,5-6H2. The van der Waals surface area contributed by atoms with Gasteiger partial charge in [0.15, 0.2) is 0 Å². The maximum absolute atomic E-state index is 6.02. The van der Waals surface area contributed by atoms with Crippen molar-refractivity contribution in [2.45, 2.75) is 18.9 Å². The summed E-state index contributed by atoms with van der Waals surface area (Å²) < 4.78 is 6.54. The van der Waals surface area contributed by atoms with Gasteiger partial charge in [-0.25, -0.2) is 4.98 Å². The Hall–Kier alpha value is -0.640. The first kappa shape index (κ1) is 11.5. The Labute approximate surface area is 113 Å². The molecule has 1 aromatic heterocycles. The van der Waals surface area contributed by atoms with Gasteiger partial charge in [-0.2, -0.15) is 0 Å². The molecule has 0 radical (unpaired) electrons. The molecule has 3 rings (SSSR count). The lowest BCUT2D eigenvalue weighted by Gasteiger charge is -2.13. The van der Waals surface area contributed by atoms with Gasteiger partial charge < -0.3 is 4.74 Å². The van der Waals surface area contributed by atoms with Crippen LogP contribution in [0, 0.1) is 0 Å². The van der Waals surface area contributed by atoms with Crippen molar-refractivity contribution in [1.82, 2.24) is 4.98 Å². The summed E-state index contributed by atoms with van der Waals surface area (Å²) >= 11 is 9.47. The molecule has 4 heteroatoms. The zero-order valence-electron chi connectivity index (χ0n) is 9.12. The van der Waals surface area contributed by atoms with Crippen molar-refractivity contribution in [1.29, 1.82) is 0 Å². The van der Waals surface area contributed by atoms with Gasteiger partial charge in [0.2, 0.25) is 0 Å². The van der Waals surface area contributed by atoms with E-state index >= 15 is 0 Å². The molecular formula is C13H11BrClNO. The number of rotatable bonds is 1. The number of benzene rings is 1. The number of ether oxygens (including phenoxy) is 1.